The van der Waals surface area contributed by atoms with Gasteiger partial charge in [-0.2, -0.15) is 0 Å². The van der Waals surface area contributed by atoms with Crippen LogP contribution in [0.25, 0.3) is 0 Å². The quantitative estimate of drug-likeness (QED) is 0.853. The summed E-state index contributed by atoms with van der Waals surface area (Å²) in [5.41, 5.74) is 0.654. The van der Waals surface area contributed by atoms with Crippen LogP contribution >= 0.6 is 31.9 Å². The Balaban J connectivity index is 2.62. The zero-order valence-electron chi connectivity index (χ0n) is 10.8. The van der Waals surface area contributed by atoms with Gasteiger partial charge < -0.3 is 10.2 Å². The molecule has 1 aromatic carbocycles. The highest BCUT2D eigenvalue weighted by atomic mass is 79.9. The Kier molecular flexibility index (Phi) is 6.32. The Hall–Kier alpha value is -0.390. The summed E-state index contributed by atoms with van der Waals surface area (Å²) in [6.45, 7) is 2.98. The first-order valence-electron chi connectivity index (χ1n) is 5.81. The van der Waals surface area contributed by atoms with Gasteiger partial charge in [0.05, 0.1) is 5.56 Å². The van der Waals surface area contributed by atoms with Crippen molar-refractivity contribution in [1.82, 2.24) is 10.2 Å². The maximum Gasteiger partial charge on any atom is 0.252 e. The topological polar surface area (TPSA) is 32.3 Å². The first-order chi connectivity index (χ1) is 8.40. The third-order valence-electron chi connectivity index (χ3n) is 2.56. The van der Waals surface area contributed by atoms with Crippen molar-refractivity contribution in [2.45, 2.75) is 19.4 Å². The fourth-order valence-corrected chi connectivity index (χ4v) is 2.28. The Morgan fingerprint density at radius 3 is 2.67 bits per heavy atom. The molecule has 1 rings (SSSR count). The molecule has 0 aliphatic rings. The molecular formula is C13H18Br2N2O. The second-order valence-corrected chi connectivity index (χ2v) is 6.36. The lowest BCUT2D eigenvalue weighted by Gasteiger charge is -2.17. The Morgan fingerprint density at radius 2 is 2.06 bits per heavy atom. The normalized spacial score (nSPS) is 12.6. The molecule has 1 N–H and O–H groups in total. The van der Waals surface area contributed by atoms with Gasteiger partial charge in [-0.15, -0.1) is 0 Å². The molecular weight excluding hydrogens is 360 g/mol. The average molecular weight is 378 g/mol. The van der Waals surface area contributed by atoms with Crippen LogP contribution in [0, 0.1) is 0 Å². The zero-order valence-corrected chi connectivity index (χ0v) is 14.0. The lowest BCUT2D eigenvalue weighted by molar-refractivity contribution is 0.0936. The van der Waals surface area contributed by atoms with Crippen LogP contribution in [0.1, 0.15) is 23.7 Å². The molecule has 0 bridgehead atoms. The van der Waals surface area contributed by atoms with Crippen LogP contribution in [0.3, 0.4) is 0 Å². The smallest absolute Gasteiger partial charge is 0.252 e. The summed E-state index contributed by atoms with van der Waals surface area (Å²) in [5.74, 6) is -0.0468. The van der Waals surface area contributed by atoms with E-state index in [1.165, 1.54) is 0 Å². The van der Waals surface area contributed by atoms with E-state index in [4.69, 9.17) is 0 Å². The summed E-state index contributed by atoms with van der Waals surface area (Å²) in [6, 6.07) is 5.74. The zero-order chi connectivity index (χ0) is 13.7. The Labute approximate surface area is 125 Å². The van der Waals surface area contributed by atoms with Crippen molar-refractivity contribution in [3.8, 4) is 0 Å². The average Bonchev–Trinajstić information content (AvgIpc) is 2.29. The van der Waals surface area contributed by atoms with Gasteiger partial charge in [-0.05, 0) is 68.1 Å². The number of nitrogens with zero attached hydrogens (tertiary/aromatic N) is 1. The molecule has 0 aromatic heterocycles. The second-order valence-electron chi connectivity index (χ2n) is 4.59. The van der Waals surface area contributed by atoms with E-state index < -0.39 is 0 Å². The van der Waals surface area contributed by atoms with E-state index in [0.717, 1.165) is 21.9 Å². The van der Waals surface area contributed by atoms with Gasteiger partial charge in [-0.1, -0.05) is 15.9 Å². The molecule has 0 saturated carbocycles. The molecule has 1 atom stereocenters. The number of rotatable bonds is 5. The van der Waals surface area contributed by atoms with E-state index in [2.05, 4.69) is 42.1 Å². The number of hydrogen-bond acceptors (Lipinski definition) is 2. The molecule has 0 fully saturated rings. The maximum atomic E-state index is 12.1. The van der Waals surface area contributed by atoms with Crippen LogP contribution in [-0.2, 0) is 0 Å². The number of hydrogen-bond donors (Lipinski definition) is 1. The van der Waals surface area contributed by atoms with Crippen LogP contribution in [0.5, 0.6) is 0 Å². The van der Waals surface area contributed by atoms with Crippen LogP contribution < -0.4 is 5.32 Å². The Bertz CT molecular complexity index is 421. The third kappa shape index (κ3) is 5.08. The van der Waals surface area contributed by atoms with E-state index >= 15 is 0 Å². The first-order valence-corrected chi connectivity index (χ1v) is 7.39. The SMILES string of the molecule is CC(CCN(C)C)NC(=O)c1cc(Br)ccc1Br. The molecule has 1 aromatic rings. The van der Waals surface area contributed by atoms with Crippen molar-refractivity contribution in [3.05, 3.63) is 32.7 Å². The molecule has 0 saturated heterocycles. The van der Waals surface area contributed by atoms with Crippen molar-refractivity contribution in [3.63, 3.8) is 0 Å². The minimum absolute atomic E-state index is 0.0468. The molecule has 3 nitrogen and oxygen atoms in total. The van der Waals surface area contributed by atoms with Crippen LogP contribution in [0.4, 0.5) is 0 Å². The lowest BCUT2D eigenvalue weighted by atomic mass is 10.1. The molecule has 18 heavy (non-hydrogen) atoms. The largest absolute Gasteiger partial charge is 0.350 e. The molecule has 0 radical (unpaired) electrons. The summed E-state index contributed by atoms with van der Waals surface area (Å²) in [6.07, 6.45) is 0.935. The molecule has 0 aliphatic heterocycles. The van der Waals surface area contributed by atoms with E-state index in [9.17, 15) is 4.79 Å². The number of halogens is 2. The van der Waals surface area contributed by atoms with Gasteiger partial charge in [0.25, 0.3) is 5.91 Å². The monoisotopic (exact) mass is 376 g/mol. The van der Waals surface area contributed by atoms with E-state index in [1.54, 1.807) is 0 Å². The predicted octanol–water partition coefficient (Wildman–Crippen LogP) is 3.28. The molecule has 0 aliphatic carbocycles. The van der Waals surface area contributed by atoms with Gasteiger partial charge >= 0.3 is 0 Å². The first kappa shape index (κ1) is 15.7. The lowest BCUT2D eigenvalue weighted by Crippen LogP contribution is -2.34. The van der Waals surface area contributed by atoms with Crippen LogP contribution in [0.15, 0.2) is 27.1 Å². The van der Waals surface area contributed by atoms with Gasteiger partial charge in [0.1, 0.15) is 0 Å². The van der Waals surface area contributed by atoms with E-state index in [0.29, 0.717) is 5.56 Å². The summed E-state index contributed by atoms with van der Waals surface area (Å²) < 4.78 is 1.71. The van der Waals surface area contributed by atoms with E-state index in [1.807, 2.05) is 39.2 Å². The molecule has 1 amide bonds. The highest BCUT2D eigenvalue weighted by Crippen LogP contribution is 2.21. The summed E-state index contributed by atoms with van der Waals surface area (Å²) in [4.78, 5) is 14.2. The third-order valence-corrected chi connectivity index (χ3v) is 3.74. The number of carbonyl (C=O) groups is 1. The molecule has 1 unspecified atom stereocenters. The number of nitrogens with one attached hydrogen (secondary N) is 1. The van der Waals surface area contributed by atoms with Crippen LogP contribution in [0.2, 0.25) is 0 Å². The second kappa shape index (κ2) is 7.26. The molecule has 0 spiro atoms. The molecule has 100 valence electrons. The fraction of sp³-hybridized carbons (Fsp3) is 0.462. The van der Waals surface area contributed by atoms with Crippen molar-refractivity contribution in [2.75, 3.05) is 20.6 Å². The van der Waals surface area contributed by atoms with Gasteiger partial charge in [-0.25, -0.2) is 0 Å². The summed E-state index contributed by atoms with van der Waals surface area (Å²) >= 11 is 6.77. The minimum Gasteiger partial charge on any atom is -0.350 e. The molecule has 0 heterocycles. The van der Waals surface area contributed by atoms with Crippen LogP contribution in [-0.4, -0.2) is 37.5 Å². The minimum atomic E-state index is -0.0468. The Morgan fingerprint density at radius 1 is 1.39 bits per heavy atom. The van der Waals surface area contributed by atoms with Gasteiger partial charge in [0.15, 0.2) is 0 Å². The van der Waals surface area contributed by atoms with Gasteiger partial charge in [0, 0.05) is 15.0 Å². The number of carbonyl (C=O) groups excluding carboxylic acids is 1. The van der Waals surface area contributed by atoms with Gasteiger partial charge in [0.2, 0.25) is 0 Å². The maximum absolute atomic E-state index is 12.1. The summed E-state index contributed by atoms with van der Waals surface area (Å²) in [7, 11) is 4.05. The standard InChI is InChI=1S/C13H18Br2N2O/c1-9(6-7-17(2)3)16-13(18)11-8-10(14)4-5-12(11)15/h4-5,8-9H,6-7H2,1-3H3,(H,16,18). The predicted molar refractivity (Wildman–Crippen MR) is 81.9 cm³/mol. The van der Waals surface area contributed by atoms with Crippen molar-refractivity contribution in [1.29, 1.82) is 0 Å². The van der Waals surface area contributed by atoms with Crippen molar-refractivity contribution < 1.29 is 4.79 Å². The number of benzene rings is 1. The molecule has 5 heteroatoms. The highest BCUT2D eigenvalue weighted by molar-refractivity contribution is 9.11. The van der Waals surface area contributed by atoms with E-state index in [-0.39, 0.29) is 11.9 Å². The summed E-state index contributed by atoms with van der Waals surface area (Å²) in [5, 5.41) is 3.00. The van der Waals surface area contributed by atoms with Crippen molar-refractivity contribution in [2.24, 2.45) is 0 Å². The van der Waals surface area contributed by atoms with Crippen molar-refractivity contribution >= 4 is 37.8 Å². The fourth-order valence-electron chi connectivity index (χ4n) is 1.50. The number of amides is 1. The van der Waals surface area contributed by atoms with Gasteiger partial charge in [-0.3, -0.25) is 4.79 Å². The highest BCUT2D eigenvalue weighted by Gasteiger charge is 2.13.